The van der Waals surface area contributed by atoms with Gasteiger partial charge in [-0.3, -0.25) is 14.4 Å². The van der Waals surface area contributed by atoms with E-state index < -0.39 is 11.8 Å². The normalized spacial score (nSPS) is 12.3. The monoisotopic (exact) mass is 439 g/mol. The molecule has 7 nitrogen and oxygen atoms in total. The minimum Gasteiger partial charge on any atom is -0.494 e. The highest BCUT2D eigenvalue weighted by atomic mass is 16.5. The molecule has 0 atom stereocenters. The molecule has 0 N–H and O–H groups in total. The summed E-state index contributed by atoms with van der Waals surface area (Å²) in [5.74, 6) is -0.690. The number of imide groups is 1. The number of hydrogen-bond acceptors (Lipinski definition) is 5. The number of ether oxygens (including phenoxy) is 1. The second-order valence-corrected chi connectivity index (χ2v) is 7.44. The third-order valence-electron chi connectivity index (χ3n) is 5.30. The first-order valence-corrected chi connectivity index (χ1v) is 10.5. The van der Waals surface area contributed by atoms with Gasteiger partial charge < -0.3 is 9.64 Å². The molecular weight excluding hydrogens is 418 g/mol. The summed E-state index contributed by atoms with van der Waals surface area (Å²) in [5.41, 5.74) is 1.95. The molecule has 0 radical (unpaired) electrons. The zero-order valence-electron chi connectivity index (χ0n) is 18.0. The molecule has 33 heavy (non-hydrogen) atoms. The van der Waals surface area contributed by atoms with Crippen LogP contribution in [0.5, 0.6) is 5.75 Å². The summed E-state index contributed by atoms with van der Waals surface area (Å²) in [6.45, 7) is 2.54. The lowest BCUT2D eigenvalue weighted by Gasteiger charge is -2.20. The van der Waals surface area contributed by atoms with Crippen molar-refractivity contribution in [3.63, 3.8) is 0 Å². The lowest BCUT2D eigenvalue weighted by Crippen LogP contribution is -2.31. The Morgan fingerprint density at radius 1 is 0.970 bits per heavy atom. The largest absolute Gasteiger partial charge is 0.494 e. The van der Waals surface area contributed by atoms with Crippen LogP contribution in [0.3, 0.4) is 0 Å². The maximum absolute atomic E-state index is 13.1. The second-order valence-electron chi connectivity index (χ2n) is 7.44. The fourth-order valence-corrected chi connectivity index (χ4v) is 3.74. The van der Waals surface area contributed by atoms with Gasteiger partial charge in [0.1, 0.15) is 12.3 Å². The van der Waals surface area contributed by atoms with E-state index in [4.69, 9.17) is 4.74 Å². The van der Waals surface area contributed by atoms with Crippen LogP contribution in [0.2, 0.25) is 0 Å². The lowest BCUT2D eigenvalue weighted by atomic mass is 10.0. The van der Waals surface area contributed by atoms with Crippen LogP contribution >= 0.6 is 0 Å². The van der Waals surface area contributed by atoms with E-state index in [0.717, 1.165) is 10.5 Å². The topological polar surface area (TPSA) is 90.7 Å². The molecule has 0 bridgehead atoms. The van der Waals surface area contributed by atoms with Crippen LogP contribution in [0.4, 0.5) is 5.69 Å². The number of carbonyl (C=O) groups excluding carboxylic acids is 3. The summed E-state index contributed by atoms with van der Waals surface area (Å²) >= 11 is 0. The molecule has 0 saturated heterocycles. The number of amides is 3. The maximum Gasteiger partial charge on any atom is 0.266 e. The van der Waals surface area contributed by atoms with E-state index in [1.165, 1.54) is 23.1 Å². The summed E-state index contributed by atoms with van der Waals surface area (Å²) in [6.07, 6.45) is 0. The highest BCUT2D eigenvalue weighted by Gasteiger charge is 2.37. The van der Waals surface area contributed by atoms with Crippen molar-refractivity contribution in [2.45, 2.75) is 13.5 Å². The van der Waals surface area contributed by atoms with Crippen molar-refractivity contribution in [3.8, 4) is 11.8 Å². The molecule has 0 unspecified atom stereocenters. The molecule has 0 aliphatic carbocycles. The molecule has 4 rings (SSSR count). The van der Waals surface area contributed by atoms with Gasteiger partial charge in [0.25, 0.3) is 17.7 Å². The fraction of sp³-hybridized carbons (Fsp3) is 0.154. The van der Waals surface area contributed by atoms with Gasteiger partial charge in [0.05, 0.1) is 29.5 Å². The third kappa shape index (κ3) is 4.32. The standard InChI is InChI=1S/C26H21N3O4/c1-2-33-21-11-9-20(10-12-21)29-25(31)22-13-8-19(16-23(22)26(29)32)24(30)28(15-14-27)17-18-6-4-3-5-7-18/h3-13,16H,2,15,17H2,1H3. The molecule has 0 aromatic heterocycles. The average Bonchev–Trinajstić information content (AvgIpc) is 3.09. The van der Waals surface area contributed by atoms with Gasteiger partial charge >= 0.3 is 0 Å². The highest BCUT2D eigenvalue weighted by Crippen LogP contribution is 2.30. The number of nitrogens with zero attached hydrogens (tertiary/aromatic N) is 3. The van der Waals surface area contributed by atoms with Gasteiger partial charge in [0, 0.05) is 12.1 Å². The number of fused-ring (bicyclic) bond motifs is 1. The molecule has 3 aromatic rings. The van der Waals surface area contributed by atoms with Crippen molar-refractivity contribution in [3.05, 3.63) is 95.1 Å². The van der Waals surface area contributed by atoms with Crippen molar-refractivity contribution in [2.24, 2.45) is 0 Å². The second kappa shape index (κ2) is 9.37. The van der Waals surface area contributed by atoms with Crippen molar-refractivity contribution < 1.29 is 19.1 Å². The molecule has 7 heteroatoms. The maximum atomic E-state index is 13.1. The van der Waals surface area contributed by atoms with Gasteiger partial charge in [-0.25, -0.2) is 4.90 Å². The Kier molecular flexibility index (Phi) is 6.18. The van der Waals surface area contributed by atoms with Crippen LogP contribution in [-0.2, 0) is 6.54 Å². The fourth-order valence-electron chi connectivity index (χ4n) is 3.74. The molecule has 1 aliphatic rings. The third-order valence-corrected chi connectivity index (χ3v) is 5.30. The molecule has 0 fully saturated rings. The van der Waals surface area contributed by atoms with Crippen LogP contribution in [0.25, 0.3) is 0 Å². The summed E-state index contributed by atoms with van der Waals surface area (Å²) in [6, 6.07) is 22.5. The summed E-state index contributed by atoms with van der Waals surface area (Å²) in [7, 11) is 0. The van der Waals surface area contributed by atoms with Gasteiger partial charge in [-0.1, -0.05) is 30.3 Å². The quantitative estimate of drug-likeness (QED) is 0.409. The molecular formula is C26H21N3O4. The van der Waals surface area contributed by atoms with E-state index in [9.17, 15) is 19.6 Å². The Labute approximate surface area is 191 Å². The number of benzene rings is 3. The van der Waals surface area contributed by atoms with Crippen molar-refractivity contribution >= 4 is 23.4 Å². The highest BCUT2D eigenvalue weighted by molar-refractivity contribution is 6.34. The Hall–Kier alpha value is -4.44. The molecule has 1 aliphatic heterocycles. The van der Waals surface area contributed by atoms with E-state index in [0.29, 0.717) is 18.0 Å². The van der Waals surface area contributed by atoms with E-state index in [1.54, 1.807) is 24.3 Å². The van der Waals surface area contributed by atoms with E-state index in [-0.39, 0.29) is 35.7 Å². The molecule has 0 saturated carbocycles. The van der Waals surface area contributed by atoms with Crippen LogP contribution in [0.1, 0.15) is 43.6 Å². The number of rotatable bonds is 7. The van der Waals surface area contributed by atoms with Gasteiger partial charge in [-0.05, 0) is 55.0 Å². The van der Waals surface area contributed by atoms with Crippen LogP contribution < -0.4 is 9.64 Å². The summed E-state index contributed by atoms with van der Waals surface area (Å²) in [5, 5.41) is 9.20. The van der Waals surface area contributed by atoms with Crippen LogP contribution in [0, 0.1) is 11.3 Å². The first kappa shape index (κ1) is 21.8. The molecule has 0 spiro atoms. The molecule has 3 amide bonds. The van der Waals surface area contributed by atoms with Crippen LogP contribution in [0.15, 0.2) is 72.8 Å². The first-order chi connectivity index (χ1) is 16.0. The first-order valence-electron chi connectivity index (χ1n) is 10.5. The van der Waals surface area contributed by atoms with Crippen molar-refractivity contribution in [1.82, 2.24) is 4.90 Å². The Balaban J connectivity index is 1.60. The smallest absolute Gasteiger partial charge is 0.266 e. The van der Waals surface area contributed by atoms with Gasteiger partial charge in [-0.2, -0.15) is 5.26 Å². The van der Waals surface area contributed by atoms with E-state index in [1.807, 2.05) is 43.3 Å². The van der Waals surface area contributed by atoms with Gasteiger partial charge in [0.2, 0.25) is 0 Å². The number of hydrogen-bond donors (Lipinski definition) is 0. The van der Waals surface area contributed by atoms with Gasteiger partial charge in [0.15, 0.2) is 0 Å². The summed E-state index contributed by atoms with van der Waals surface area (Å²) < 4.78 is 5.41. The average molecular weight is 439 g/mol. The zero-order valence-corrected chi connectivity index (χ0v) is 18.0. The SMILES string of the molecule is CCOc1ccc(N2C(=O)c3ccc(C(=O)N(CC#N)Cc4ccccc4)cc3C2=O)cc1. The molecule has 164 valence electrons. The Bertz CT molecular complexity index is 1250. The van der Waals surface area contributed by atoms with Crippen molar-refractivity contribution in [2.75, 3.05) is 18.1 Å². The minimum atomic E-state index is -0.497. The number of anilines is 1. The number of carbonyl (C=O) groups is 3. The molecule has 3 aromatic carbocycles. The number of nitriles is 1. The predicted molar refractivity (Wildman–Crippen MR) is 122 cm³/mol. The van der Waals surface area contributed by atoms with E-state index in [2.05, 4.69) is 0 Å². The zero-order chi connectivity index (χ0) is 23.4. The Morgan fingerprint density at radius 2 is 1.67 bits per heavy atom. The molecule has 1 heterocycles. The Morgan fingerprint density at radius 3 is 2.33 bits per heavy atom. The van der Waals surface area contributed by atoms with Crippen molar-refractivity contribution in [1.29, 1.82) is 5.26 Å². The van der Waals surface area contributed by atoms with Crippen LogP contribution in [-0.4, -0.2) is 35.8 Å². The predicted octanol–water partition coefficient (Wildman–Crippen LogP) is 4.05. The summed E-state index contributed by atoms with van der Waals surface area (Å²) in [4.78, 5) is 41.6. The minimum absolute atomic E-state index is 0.101. The lowest BCUT2D eigenvalue weighted by molar-refractivity contribution is 0.0764. The van der Waals surface area contributed by atoms with E-state index >= 15 is 0 Å². The van der Waals surface area contributed by atoms with Gasteiger partial charge in [-0.15, -0.1) is 0 Å².